The minimum Gasteiger partial charge on any atom is -0.368 e. The summed E-state index contributed by atoms with van der Waals surface area (Å²) in [5, 5.41) is 5.35. The Bertz CT molecular complexity index is 292. The molecule has 0 atom stereocenters. The van der Waals surface area contributed by atoms with Crippen LogP contribution in [0.25, 0.3) is 0 Å². The number of hydrogen-bond donors (Lipinski definition) is 1. The van der Waals surface area contributed by atoms with Crippen LogP contribution >= 0.6 is 11.3 Å². The van der Waals surface area contributed by atoms with Gasteiger partial charge in [-0.05, 0) is 6.07 Å². The number of carbonyl (C=O) groups is 1. The van der Waals surface area contributed by atoms with Crippen LogP contribution in [0.5, 0.6) is 0 Å². The minimum absolute atomic E-state index is 0.813. The molecule has 1 aliphatic heterocycles. The topological polar surface area (TPSA) is 32.3 Å². The molecular formula is C9H12N2OS. The molecule has 0 amide bonds. The van der Waals surface area contributed by atoms with Gasteiger partial charge < -0.3 is 10.2 Å². The maximum Gasteiger partial charge on any atom is 0.160 e. The predicted octanol–water partition coefficient (Wildman–Crippen LogP) is 0.970. The summed E-state index contributed by atoms with van der Waals surface area (Å²) in [6, 6.07) is 1.96. The summed E-state index contributed by atoms with van der Waals surface area (Å²) in [6.45, 7) is 4.14. The van der Waals surface area contributed by atoms with Gasteiger partial charge in [-0.15, -0.1) is 11.3 Å². The quantitative estimate of drug-likeness (QED) is 0.715. The van der Waals surface area contributed by atoms with Crippen molar-refractivity contribution in [2.24, 2.45) is 0 Å². The second-order valence-electron chi connectivity index (χ2n) is 3.06. The smallest absolute Gasteiger partial charge is 0.160 e. The maximum atomic E-state index is 10.5. The monoisotopic (exact) mass is 196 g/mol. The van der Waals surface area contributed by atoms with Gasteiger partial charge in [0.25, 0.3) is 0 Å². The normalized spacial score (nSPS) is 17.4. The van der Waals surface area contributed by atoms with Crippen LogP contribution in [0.3, 0.4) is 0 Å². The van der Waals surface area contributed by atoms with Crippen molar-refractivity contribution in [3.63, 3.8) is 0 Å². The van der Waals surface area contributed by atoms with Crippen molar-refractivity contribution >= 4 is 23.3 Å². The number of aldehydes is 1. The van der Waals surface area contributed by atoms with E-state index in [-0.39, 0.29) is 0 Å². The Labute approximate surface area is 81.4 Å². The lowest BCUT2D eigenvalue weighted by molar-refractivity contribution is 0.112. The molecular weight excluding hydrogens is 184 g/mol. The molecule has 2 heterocycles. The average Bonchev–Trinajstić information content (AvgIpc) is 2.67. The van der Waals surface area contributed by atoms with Crippen LogP contribution in [-0.4, -0.2) is 32.5 Å². The average molecular weight is 196 g/mol. The lowest BCUT2D eigenvalue weighted by Gasteiger charge is -2.28. The molecule has 1 N–H and O–H groups in total. The third kappa shape index (κ3) is 1.89. The van der Waals surface area contributed by atoms with E-state index in [1.54, 1.807) is 0 Å². The van der Waals surface area contributed by atoms with E-state index in [4.69, 9.17) is 0 Å². The van der Waals surface area contributed by atoms with Crippen LogP contribution < -0.4 is 10.2 Å². The second kappa shape index (κ2) is 3.89. The Morgan fingerprint density at radius 2 is 2.23 bits per heavy atom. The Balaban J connectivity index is 2.09. The number of anilines is 1. The standard InChI is InChI=1S/C9H12N2OS/c12-6-9-5-8(7-13-9)11-3-1-10-2-4-11/h5-7,10H,1-4H2. The molecule has 2 rings (SSSR count). The zero-order valence-corrected chi connectivity index (χ0v) is 8.14. The molecule has 0 unspecified atom stereocenters. The first-order valence-electron chi connectivity index (χ1n) is 4.39. The van der Waals surface area contributed by atoms with E-state index in [1.165, 1.54) is 17.0 Å². The van der Waals surface area contributed by atoms with Gasteiger partial charge in [-0.3, -0.25) is 4.79 Å². The molecule has 1 aromatic heterocycles. The Morgan fingerprint density at radius 1 is 1.46 bits per heavy atom. The Morgan fingerprint density at radius 3 is 2.85 bits per heavy atom. The number of carbonyl (C=O) groups excluding carboxylic acids is 1. The van der Waals surface area contributed by atoms with Crippen LogP contribution in [0.1, 0.15) is 9.67 Å². The number of nitrogens with one attached hydrogen (secondary N) is 1. The van der Waals surface area contributed by atoms with E-state index in [9.17, 15) is 4.79 Å². The van der Waals surface area contributed by atoms with Crippen LogP contribution in [0.2, 0.25) is 0 Å². The lowest BCUT2D eigenvalue weighted by atomic mass is 10.3. The number of thiophene rings is 1. The molecule has 1 aromatic rings. The number of rotatable bonds is 2. The highest BCUT2D eigenvalue weighted by Gasteiger charge is 2.11. The van der Waals surface area contributed by atoms with Gasteiger partial charge >= 0.3 is 0 Å². The van der Waals surface area contributed by atoms with Gasteiger partial charge in [0.15, 0.2) is 6.29 Å². The zero-order chi connectivity index (χ0) is 9.10. The van der Waals surface area contributed by atoms with E-state index in [0.717, 1.165) is 37.3 Å². The third-order valence-electron chi connectivity index (χ3n) is 2.20. The molecule has 1 aliphatic rings. The van der Waals surface area contributed by atoms with Crippen molar-refractivity contribution in [3.8, 4) is 0 Å². The van der Waals surface area contributed by atoms with Gasteiger partial charge in [-0.25, -0.2) is 0 Å². The van der Waals surface area contributed by atoms with Gasteiger partial charge in [0.1, 0.15) is 0 Å². The van der Waals surface area contributed by atoms with Crippen molar-refractivity contribution in [1.82, 2.24) is 5.32 Å². The maximum absolute atomic E-state index is 10.5. The third-order valence-corrected chi connectivity index (χ3v) is 3.05. The SMILES string of the molecule is O=Cc1cc(N2CCNCC2)cs1. The molecule has 1 saturated heterocycles. The summed E-state index contributed by atoms with van der Waals surface area (Å²) >= 11 is 1.51. The molecule has 13 heavy (non-hydrogen) atoms. The van der Waals surface area contributed by atoms with Crippen LogP contribution in [-0.2, 0) is 0 Å². The van der Waals surface area contributed by atoms with Crippen molar-refractivity contribution in [3.05, 3.63) is 16.3 Å². The molecule has 0 radical (unpaired) electrons. The van der Waals surface area contributed by atoms with Crippen LogP contribution in [0.4, 0.5) is 5.69 Å². The highest BCUT2D eigenvalue weighted by Crippen LogP contribution is 2.21. The number of piperazine rings is 1. The van der Waals surface area contributed by atoms with Crippen molar-refractivity contribution < 1.29 is 4.79 Å². The molecule has 3 nitrogen and oxygen atoms in total. The van der Waals surface area contributed by atoms with Crippen molar-refractivity contribution in [1.29, 1.82) is 0 Å². The number of nitrogens with zero attached hydrogens (tertiary/aromatic N) is 1. The van der Waals surface area contributed by atoms with Gasteiger partial charge in [-0.1, -0.05) is 0 Å². The van der Waals surface area contributed by atoms with E-state index < -0.39 is 0 Å². The number of hydrogen-bond acceptors (Lipinski definition) is 4. The summed E-state index contributed by atoms with van der Waals surface area (Å²) in [5.74, 6) is 0. The first-order valence-corrected chi connectivity index (χ1v) is 5.27. The fourth-order valence-electron chi connectivity index (χ4n) is 1.49. The Kier molecular flexibility index (Phi) is 2.61. The largest absolute Gasteiger partial charge is 0.368 e. The second-order valence-corrected chi connectivity index (χ2v) is 4.00. The molecule has 1 fully saturated rings. The van der Waals surface area contributed by atoms with Gasteiger partial charge in [0, 0.05) is 37.2 Å². The zero-order valence-electron chi connectivity index (χ0n) is 7.32. The summed E-state index contributed by atoms with van der Waals surface area (Å²) in [7, 11) is 0. The molecule has 0 spiro atoms. The molecule has 70 valence electrons. The van der Waals surface area contributed by atoms with E-state index in [0.29, 0.717) is 0 Å². The van der Waals surface area contributed by atoms with Gasteiger partial charge in [0.2, 0.25) is 0 Å². The van der Waals surface area contributed by atoms with Crippen LogP contribution in [0, 0.1) is 0 Å². The molecule has 0 bridgehead atoms. The van der Waals surface area contributed by atoms with Crippen LogP contribution in [0.15, 0.2) is 11.4 Å². The molecule has 4 heteroatoms. The summed E-state index contributed by atoms with van der Waals surface area (Å²) in [5.41, 5.74) is 1.19. The first kappa shape index (κ1) is 8.72. The van der Waals surface area contributed by atoms with E-state index >= 15 is 0 Å². The first-order chi connectivity index (χ1) is 6.40. The van der Waals surface area contributed by atoms with Crippen molar-refractivity contribution in [2.45, 2.75) is 0 Å². The fourth-order valence-corrected chi connectivity index (χ4v) is 2.21. The lowest BCUT2D eigenvalue weighted by Crippen LogP contribution is -2.43. The van der Waals surface area contributed by atoms with E-state index in [1.807, 2.05) is 6.07 Å². The summed E-state index contributed by atoms with van der Waals surface area (Å²) in [6.07, 6.45) is 0.913. The molecule has 0 saturated carbocycles. The highest BCUT2D eigenvalue weighted by molar-refractivity contribution is 7.12. The van der Waals surface area contributed by atoms with Crippen molar-refractivity contribution in [2.75, 3.05) is 31.1 Å². The highest BCUT2D eigenvalue weighted by atomic mass is 32.1. The van der Waals surface area contributed by atoms with Gasteiger partial charge in [0.05, 0.1) is 4.88 Å². The molecule has 0 aromatic carbocycles. The minimum atomic E-state index is 0.813. The fraction of sp³-hybridized carbons (Fsp3) is 0.444. The summed E-state index contributed by atoms with van der Waals surface area (Å²) < 4.78 is 0. The molecule has 0 aliphatic carbocycles. The van der Waals surface area contributed by atoms with E-state index in [2.05, 4.69) is 15.6 Å². The van der Waals surface area contributed by atoms with Gasteiger partial charge in [-0.2, -0.15) is 0 Å². The Hall–Kier alpha value is -0.870. The summed E-state index contributed by atoms with van der Waals surface area (Å²) in [4.78, 5) is 13.6. The predicted molar refractivity (Wildman–Crippen MR) is 54.8 cm³/mol.